The monoisotopic (exact) mass is 377 g/mol. The molecule has 1 aliphatic carbocycles. The molecule has 7 nitrogen and oxygen atoms in total. The first-order valence-corrected chi connectivity index (χ1v) is 8.74. The maximum absolute atomic E-state index is 12.4. The molecule has 27 heavy (non-hydrogen) atoms. The number of carbonyl (C=O) groups is 1. The molecule has 0 amide bonds. The smallest absolute Gasteiger partial charge is 0.270 e. The fourth-order valence-corrected chi connectivity index (χ4v) is 3.43. The van der Waals surface area contributed by atoms with Crippen molar-refractivity contribution in [3.63, 3.8) is 0 Å². The van der Waals surface area contributed by atoms with E-state index >= 15 is 0 Å². The average Bonchev–Trinajstić information content (AvgIpc) is 3.25. The Bertz CT molecular complexity index is 1150. The number of rotatable bonds is 4. The van der Waals surface area contributed by atoms with Crippen molar-refractivity contribution in [2.75, 3.05) is 0 Å². The summed E-state index contributed by atoms with van der Waals surface area (Å²) in [7, 11) is 0. The Morgan fingerprint density at radius 3 is 2.67 bits per heavy atom. The molecule has 1 heterocycles. The second kappa shape index (κ2) is 6.58. The van der Waals surface area contributed by atoms with Gasteiger partial charge in [0, 0.05) is 40.4 Å². The second-order valence-corrected chi connectivity index (χ2v) is 6.55. The number of benzene rings is 2. The normalized spacial score (nSPS) is 13.4. The third-order valence-electron chi connectivity index (χ3n) is 4.08. The number of aliphatic imine (C=N–C) groups is 1. The molecule has 0 radical (unpaired) electrons. The van der Waals surface area contributed by atoms with Crippen molar-refractivity contribution in [2.45, 2.75) is 0 Å². The number of nitro groups is 1. The largest absolute Gasteiger partial charge is 0.506 e. The first-order chi connectivity index (χ1) is 13.0. The number of hydrogen-bond acceptors (Lipinski definition) is 7. The second-order valence-electron chi connectivity index (χ2n) is 5.72. The van der Waals surface area contributed by atoms with Crippen LogP contribution in [-0.2, 0) is 0 Å². The Hall–Kier alpha value is -3.65. The van der Waals surface area contributed by atoms with Gasteiger partial charge in [0.2, 0.25) is 5.13 Å². The Balaban J connectivity index is 1.61. The fraction of sp³-hybridized carbons (Fsp3) is 0. The number of ketones is 1. The molecule has 4 rings (SSSR count). The number of allylic oxidation sites excluding steroid dienone is 1. The topological polar surface area (TPSA) is 106 Å². The SMILES string of the molecule is O=C1C(C=Nc2nc(-c3cccc([N+](=O)[O-])c3)cs2)=C(O)c2ccccc21. The lowest BCUT2D eigenvalue weighted by atomic mass is 10.1. The molecule has 1 aliphatic rings. The molecule has 0 fully saturated rings. The number of non-ortho nitro benzene ring substituents is 1. The van der Waals surface area contributed by atoms with E-state index in [1.807, 2.05) is 0 Å². The fourth-order valence-electron chi connectivity index (χ4n) is 2.76. The van der Waals surface area contributed by atoms with Gasteiger partial charge in [-0.2, -0.15) is 0 Å². The van der Waals surface area contributed by atoms with E-state index < -0.39 is 4.92 Å². The number of fused-ring (bicyclic) bond motifs is 1. The Labute approximate surface area is 157 Å². The van der Waals surface area contributed by atoms with Gasteiger partial charge in [0.05, 0.1) is 16.2 Å². The highest BCUT2D eigenvalue weighted by Crippen LogP contribution is 2.32. The molecule has 2 aromatic carbocycles. The van der Waals surface area contributed by atoms with Gasteiger partial charge in [0.25, 0.3) is 5.69 Å². The van der Waals surface area contributed by atoms with Gasteiger partial charge in [-0.25, -0.2) is 9.98 Å². The quantitative estimate of drug-likeness (QED) is 0.407. The molecule has 0 unspecified atom stereocenters. The first-order valence-electron chi connectivity index (χ1n) is 7.86. The molecule has 1 aromatic heterocycles. The number of Topliss-reactive ketones (excluding diaryl/α,β-unsaturated/α-hetero) is 1. The third kappa shape index (κ3) is 3.02. The third-order valence-corrected chi connectivity index (χ3v) is 4.82. The Kier molecular flexibility index (Phi) is 4.09. The Morgan fingerprint density at radius 2 is 1.93 bits per heavy atom. The van der Waals surface area contributed by atoms with E-state index in [9.17, 15) is 20.0 Å². The van der Waals surface area contributed by atoms with Crippen LogP contribution in [0.1, 0.15) is 15.9 Å². The van der Waals surface area contributed by atoms with E-state index in [1.165, 1.54) is 29.7 Å². The van der Waals surface area contributed by atoms with Crippen LogP contribution in [0.5, 0.6) is 0 Å². The molecule has 0 saturated carbocycles. The van der Waals surface area contributed by atoms with Crippen molar-refractivity contribution in [1.82, 2.24) is 4.98 Å². The summed E-state index contributed by atoms with van der Waals surface area (Å²) in [5, 5.41) is 23.2. The van der Waals surface area contributed by atoms with Crippen LogP contribution in [-0.4, -0.2) is 27.0 Å². The van der Waals surface area contributed by atoms with Gasteiger partial charge in [0.15, 0.2) is 5.78 Å². The summed E-state index contributed by atoms with van der Waals surface area (Å²) in [4.78, 5) is 31.3. The van der Waals surface area contributed by atoms with E-state index in [0.29, 0.717) is 27.5 Å². The molecule has 0 saturated heterocycles. The van der Waals surface area contributed by atoms with E-state index in [4.69, 9.17) is 0 Å². The van der Waals surface area contributed by atoms with Crippen molar-refractivity contribution in [2.24, 2.45) is 4.99 Å². The van der Waals surface area contributed by atoms with Crippen LogP contribution in [0.25, 0.3) is 17.0 Å². The number of aromatic nitrogens is 1. The molecule has 8 heteroatoms. The number of carbonyl (C=O) groups excluding carboxylic acids is 1. The molecular formula is C19H11N3O4S. The lowest BCUT2D eigenvalue weighted by Gasteiger charge is -1.96. The summed E-state index contributed by atoms with van der Waals surface area (Å²) in [6, 6.07) is 13.0. The van der Waals surface area contributed by atoms with Gasteiger partial charge in [-0.15, -0.1) is 11.3 Å². The highest BCUT2D eigenvalue weighted by Gasteiger charge is 2.28. The zero-order chi connectivity index (χ0) is 19.0. The van der Waals surface area contributed by atoms with E-state index in [2.05, 4.69) is 9.98 Å². The minimum atomic E-state index is -0.465. The van der Waals surface area contributed by atoms with Gasteiger partial charge in [-0.1, -0.05) is 36.4 Å². The summed E-state index contributed by atoms with van der Waals surface area (Å²) in [6.07, 6.45) is 1.30. The van der Waals surface area contributed by atoms with Crippen LogP contribution >= 0.6 is 11.3 Å². The van der Waals surface area contributed by atoms with Gasteiger partial charge in [-0.05, 0) is 0 Å². The molecule has 1 N–H and O–H groups in total. The molecule has 0 atom stereocenters. The highest BCUT2D eigenvalue weighted by atomic mass is 32.1. The van der Waals surface area contributed by atoms with Gasteiger partial charge in [-0.3, -0.25) is 14.9 Å². The minimum absolute atomic E-state index is 0.0186. The van der Waals surface area contributed by atoms with E-state index in [1.54, 1.807) is 41.8 Å². The van der Waals surface area contributed by atoms with Crippen LogP contribution in [0.2, 0.25) is 0 Å². The molecule has 0 aliphatic heterocycles. The van der Waals surface area contributed by atoms with Gasteiger partial charge in [0.1, 0.15) is 5.76 Å². The number of thiazole rings is 1. The predicted octanol–water partition coefficient (Wildman–Crippen LogP) is 4.59. The lowest BCUT2D eigenvalue weighted by Crippen LogP contribution is -1.99. The molecular weight excluding hydrogens is 366 g/mol. The molecule has 3 aromatic rings. The summed E-state index contributed by atoms with van der Waals surface area (Å²) >= 11 is 1.23. The zero-order valence-corrected chi connectivity index (χ0v) is 14.5. The van der Waals surface area contributed by atoms with Crippen LogP contribution in [0, 0.1) is 10.1 Å². The van der Waals surface area contributed by atoms with Crippen molar-refractivity contribution in [3.8, 4) is 11.3 Å². The standard InChI is InChI=1S/C19H11N3O4S/c23-17-13-6-1-2-7-14(13)18(24)15(17)9-20-19-21-16(10-27-19)11-4-3-5-12(8-11)22(25)26/h1-10,23H. The van der Waals surface area contributed by atoms with Crippen LogP contribution < -0.4 is 0 Å². The van der Waals surface area contributed by atoms with E-state index in [0.717, 1.165) is 0 Å². The van der Waals surface area contributed by atoms with Crippen molar-refractivity contribution < 1.29 is 14.8 Å². The summed E-state index contributed by atoms with van der Waals surface area (Å²) in [5.74, 6) is -0.392. The summed E-state index contributed by atoms with van der Waals surface area (Å²) in [5.41, 5.74) is 2.18. The highest BCUT2D eigenvalue weighted by molar-refractivity contribution is 7.13. The maximum Gasteiger partial charge on any atom is 0.270 e. The number of nitro benzene ring substituents is 1. The number of aliphatic hydroxyl groups is 1. The lowest BCUT2D eigenvalue weighted by molar-refractivity contribution is -0.384. The van der Waals surface area contributed by atoms with E-state index in [-0.39, 0.29) is 22.8 Å². The number of nitrogens with zero attached hydrogens (tertiary/aromatic N) is 3. The molecule has 132 valence electrons. The van der Waals surface area contributed by atoms with Crippen LogP contribution in [0.4, 0.5) is 10.8 Å². The van der Waals surface area contributed by atoms with Crippen LogP contribution in [0.15, 0.2) is 64.5 Å². The van der Waals surface area contributed by atoms with Crippen molar-refractivity contribution in [1.29, 1.82) is 0 Å². The van der Waals surface area contributed by atoms with Gasteiger partial charge >= 0.3 is 0 Å². The Morgan fingerprint density at radius 1 is 1.15 bits per heavy atom. The summed E-state index contributed by atoms with van der Waals surface area (Å²) < 4.78 is 0. The van der Waals surface area contributed by atoms with Crippen molar-refractivity contribution in [3.05, 3.63) is 80.7 Å². The number of hydrogen-bond donors (Lipinski definition) is 1. The first kappa shape index (κ1) is 16.8. The molecule has 0 spiro atoms. The molecule has 0 bridgehead atoms. The maximum atomic E-state index is 12.4. The zero-order valence-electron chi connectivity index (χ0n) is 13.7. The van der Waals surface area contributed by atoms with Crippen LogP contribution in [0.3, 0.4) is 0 Å². The number of aliphatic hydroxyl groups excluding tert-OH is 1. The predicted molar refractivity (Wildman–Crippen MR) is 103 cm³/mol. The summed E-state index contributed by atoms with van der Waals surface area (Å²) in [6.45, 7) is 0. The average molecular weight is 377 g/mol. The van der Waals surface area contributed by atoms with Gasteiger partial charge < -0.3 is 5.11 Å². The van der Waals surface area contributed by atoms with Crippen molar-refractivity contribution >= 4 is 39.9 Å². The minimum Gasteiger partial charge on any atom is -0.506 e.